The van der Waals surface area contributed by atoms with Crippen LogP contribution in [0, 0.1) is 51.4 Å². The quantitative estimate of drug-likeness (QED) is 0.0376. The lowest BCUT2D eigenvalue weighted by molar-refractivity contribution is -0.148. The second-order valence-electron chi connectivity index (χ2n) is 22.1. The van der Waals surface area contributed by atoms with Crippen LogP contribution in [0.3, 0.4) is 0 Å². The van der Waals surface area contributed by atoms with Crippen molar-refractivity contribution in [3.05, 3.63) is 78.8 Å². The van der Waals surface area contributed by atoms with E-state index in [1.807, 2.05) is 41.5 Å². The summed E-state index contributed by atoms with van der Waals surface area (Å²) in [5.41, 5.74) is 1.91. The molecule has 0 bridgehead atoms. The molecule has 3 fully saturated rings. The van der Waals surface area contributed by atoms with Crippen LogP contribution in [0.5, 0.6) is 0 Å². The lowest BCUT2D eigenvalue weighted by Gasteiger charge is -2.38. The van der Waals surface area contributed by atoms with Gasteiger partial charge in [0, 0.05) is 56.4 Å². The topological polar surface area (TPSA) is 192 Å². The van der Waals surface area contributed by atoms with Gasteiger partial charge in [0.2, 0.25) is 21.0 Å². The number of hydrogen-bond donors (Lipinski definition) is 0. The lowest BCUT2D eigenvalue weighted by atomic mass is 9.72. The smallest absolute Gasteiger partial charge is 0.343 e. The van der Waals surface area contributed by atoms with Crippen LogP contribution < -0.4 is 0 Å². The van der Waals surface area contributed by atoms with Crippen molar-refractivity contribution in [3.63, 3.8) is 0 Å². The number of nitrogens with zero attached hydrogens (tertiary/aromatic N) is 6. The summed E-state index contributed by atoms with van der Waals surface area (Å²) in [5, 5.41) is 19.5. The molecule has 0 aromatic rings. The molecule has 18 heteroatoms. The fourth-order valence-electron chi connectivity index (χ4n) is 11.1. The van der Waals surface area contributed by atoms with Gasteiger partial charge in [-0.1, -0.05) is 76.8 Å². The van der Waals surface area contributed by atoms with Crippen molar-refractivity contribution in [1.82, 2.24) is 14.7 Å². The molecule has 3 aliphatic heterocycles. The van der Waals surface area contributed by atoms with Gasteiger partial charge in [-0.2, -0.15) is 10.5 Å². The minimum atomic E-state index is -1.12. The van der Waals surface area contributed by atoms with E-state index in [1.54, 1.807) is 6.26 Å². The van der Waals surface area contributed by atoms with Gasteiger partial charge in [0.05, 0.1) is 23.6 Å². The molecule has 0 aromatic carbocycles. The van der Waals surface area contributed by atoms with E-state index >= 15 is 0 Å². The number of hydrogen-bond acceptors (Lipinski definition) is 17. The van der Waals surface area contributed by atoms with Gasteiger partial charge in [-0.25, -0.2) is 19.2 Å². The van der Waals surface area contributed by atoms with Crippen LogP contribution in [0.4, 0.5) is 0 Å². The van der Waals surface area contributed by atoms with E-state index in [4.69, 9.17) is 20.8 Å². The monoisotopic (exact) mass is 1050 g/mol. The number of ether oxygens (including phenoxy) is 3. The number of thioether (sulfide) groups is 3. The molecule has 0 spiro atoms. The maximum Gasteiger partial charge on any atom is 0.343 e. The van der Waals surface area contributed by atoms with Gasteiger partial charge < -0.3 is 28.9 Å². The van der Waals surface area contributed by atoms with Crippen molar-refractivity contribution in [2.75, 3.05) is 77.9 Å². The minimum absolute atomic E-state index is 0.247. The first-order valence-electron chi connectivity index (χ1n) is 25.2. The second-order valence-corrected chi connectivity index (χ2v) is 24.4. The van der Waals surface area contributed by atoms with Crippen molar-refractivity contribution >= 4 is 68.5 Å². The van der Waals surface area contributed by atoms with Gasteiger partial charge in [-0.15, -0.1) is 0 Å². The normalized spacial score (nSPS) is 22.6. The predicted octanol–water partition coefficient (Wildman–Crippen LogP) is 9.22. The van der Waals surface area contributed by atoms with Crippen LogP contribution in [0.15, 0.2) is 67.4 Å². The zero-order valence-corrected chi connectivity index (χ0v) is 46.5. The third kappa shape index (κ3) is 13.4. The first-order chi connectivity index (χ1) is 34.6. The first-order valence-corrected chi connectivity index (χ1v) is 28.9. The zero-order valence-electron chi connectivity index (χ0n) is 44.0. The molecule has 15 nitrogen and oxygen atoms in total. The molecule has 0 radical (unpaired) electrons. The molecule has 6 aliphatic rings. The largest absolute Gasteiger partial charge is 0.461 e. The summed E-state index contributed by atoms with van der Waals surface area (Å²) in [6.45, 7) is 23.2. The maximum absolute atomic E-state index is 14.5. The Hall–Kier alpha value is -5.22. The molecule has 0 aromatic heterocycles. The average molecular weight is 1060 g/mol. The summed E-state index contributed by atoms with van der Waals surface area (Å²) in [6, 6.07) is 4.61. The molecule has 0 saturated carbocycles. The first kappa shape index (κ1) is 57.1. The molecule has 0 unspecified atom stereocenters. The van der Waals surface area contributed by atoms with Crippen molar-refractivity contribution in [2.45, 2.75) is 119 Å². The Balaban J connectivity index is 1.39. The van der Waals surface area contributed by atoms with Crippen LogP contribution in [-0.2, 0) is 43.0 Å². The predicted molar refractivity (Wildman–Crippen MR) is 283 cm³/mol. The van der Waals surface area contributed by atoms with Gasteiger partial charge in [0.25, 0.3) is 0 Å². The van der Waals surface area contributed by atoms with Gasteiger partial charge in [0.1, 0.15) is 48.7 Å². The van der Waals surface area contributed by atoms with E-state index in [2.05, 4.69) is 31.7 Å². The molecule has 392 valence electrons. The van der Waals surface area contributed by atoms with Gasteiger partial charge in [-0.05, 0) is 129 Å². The Bertz CT molecular complexity index is 2320. The van der Waals surface area contributed by atoms with E-state index in [-0.39, 0.29) is 64.0 Å². The Morgan fingerprint density at radius 1 is 0.521 bits per heavy atom. The van der Waals surface area contributed by atoms with Crippen LogP contribution in [0.2, 0.25) is 0 Å². The van der Waals surface area contributed by atoms with Crippen LogP contribution in [-0.4, -0.2) is 126 Å². The number of carbonyl (C=O) groups excluding carboxylic acids is 6. The molecule has 3 aliphatic carbocycles. The summed E-state index contributed by atoms with van der Waals surface area (Å²) < 4.78 is 17.9. The minimum Gasteiger partial charge on any atom is -0.461 e. The highest BCUT2D eigenvalue weighted by molar-refractivity contribution is 8.14. The van der Waals surface area contributed by atoms with Gasteiger partial charge >= 0.3 is 17.9 Å². The fourth-order valence-corrected chi connectivity index (χ4v) is 12.3. The van der Waals surface area contributed by atoms with E-state index < -0.39 is 75.2 Å². The maximum atomic E-state index is 14.5. The molecule has 3 heterocycles. The van der Waals surface area contributed by atoms with Crippen LogP contribution in [0.25, 0.3) is 4.85 Å². The van der Waals surface area contributed by atoms with Crippen molar-refractivity contribution in [1.29, 1.82) is 10.5 Å². The lowest BCUT2D eigenvalue weighted by Crippen LogP contribution is -2.33. The molecule has 73 heavy (non-hydrogen) atoms. The molecular formula is C55H70N6O9S3. The van der Waals surface area contributed by atoms with Crippen LogP contribution >= 0.6 is 35.3 Å². The Labute approximate surface area is 444 Å². The van der Waals surface area contributed by atoms with E-state index in [1.165, 1.54) is 12.5 Å². The van der Waals surface area contributed by atoms with E-state index in [9.17, 15) is 39.3 Å². The SMILES string of the molecule is [C-]#[N+]C1=C(N2CCCC2)CC(C)(C)C/C1=C(\C(=O)OCC(COC(=O)/C(C(=O)SC)=C1\CC(C)(C)CC(N2CCCC2)=C1C#N)COC(=O)/C(C(=O)SC)=C1\CC(C)(C)CC(N2CCCC2)=C1C#N)C(=O)SC. The zero-order chi connectivity index (χ0) is 53.4. The van der Waals surface area contributed by atoms with E-state index in [0.29, 0.717) is 24.8 Å². The molecule has 3 saturated heterocycles. The summed E-state index contributed by atoms with van der Waals surface area (Å²) in [4.78, 5) is 95.4. The molecule has 0 N–H and O–H groups in total. The third-order valence-corrected chi connectivity index (χ3v) is 16.2. The number of likely N-dealkylation sites (tertiary alicyclic amines) is 3. The molecule has 0 atom stereocenters. The van der Waals surface area contributed by atoms with Crippen molar-refractivity contribution < 1.29 is 43.0 Å². The highest BCUT2D eigenvalue weighted by Crippen LogP contribution is 2.48. The Kier molecular flexibility index (Phi) is 19.1. The van der Waals surface area contributed by atoms with E-state index in [0.717, 1.165) is 130 Å². The number of carbonyl (C=O) groups is 6. The molecular weight excluding hydrogens is 985 g/mol. The van der Waals surface area contributed by atoms with Crippen molar-refractivity contribution in [2.24, 2.45) is 22.2 Å². The number of allylic oxidation sites excluding steroid dienone is 8. The number of nitriles is 2. The van der Waals surface area contributed by atoms with Crippen LogP contribution in [0.1, 0.15) is 119 Å². The highest BCUT2D eigenvalue weighted by Gasteiger charge is 2.42. The number of esters is 3. The Morgan fingerprint density at radius 3 is 1.11 bits per heavy atom. The summed E-state index contributed by atoms with van der Waals surface area (Å²) in [5.74, 6) is -4.17. The standard InChI is InChI=1S/C55H70N6O9S3/c1-53(2)23-35(38(29-56)40(26-53)59-17-11-12-18-59)43(50(65)71-8)47(62)68-31-34(32-69-48(63)44(51(66)72-9)36-24-54(3,4)27-41(39(36)30-57)60-19-13-14-20-60)33-70-49(64)45(52(67)73-10)37-25-55(5,6)28-42(46(37)58-7)61-21-15-16-22-61/h34H,11-28,31-33H2,1-6,8-10H3/b43-35-,44-36-,45-37-. The highest BCUT2D eigenvalue weighted by atomic mass is 32.2. The van der Waals surface area contributed by atoms with Gasteiger partial charge in [0.15, 0.2) is 0 Å². The second kappa shape index (κ2) is 24.4. The average Bonchev–Trinajstić information content (AvgIpc) is 4.19. The Morgan fingerprint density at radius 2 is 0.808 bits per heavy atom. The molecule has 0 amide bonds. The number of rotatable bonds is 15. The molecule has 6 rings (SSSR count). The third-order valence-electron chi connectivity index (χ3n) is 14.5. The summed E-state index contributed by atoms with van der Waals surface area (Å²) in [7, 11) is 0. The summed E-state index contributed by atoms with van der Waals surface area (Å²) >= 11 is 2.43. The summed E-state index contributed by atoms with van der Waals surface area (Å²) in [6.07, 6.45) is 12.8. The van der Waals surface area contributed by atoms with Gasteiger partial charge in [-0.3, -0.25) is 14.4 Å². The fraction of sp³-hybridized carbons (Fsp3) is 0.618. The van der Waals surface area contributed by atoms with Crippen molar-refractivity contribution in [3.8, 4) is 12.1 Å².